The number of anilines is 1. The highest BCUT2D eigenvalue weighted by Gasteiger charge is 2.14. The van der Waals surface area contributed by atoms with Gasteiger partial charge in [-0.1, -0.05) is 12.1 Å². The molecule has 1 saturated heterocycles. The normalized spacial score (nSPS) is 19.6. The van der Waals surface area contributed by atoms with E-state index in [1.54, 1.807) is 0 Å². The van der Waals surface area contributed by atoms with Crippen LogP contribution in [0.25, 0.3) is 0 Å². The van der Waals surface area contributed by atoms with E-state index in [9.17, 15) is 0 Å². The maximum atomic E-state index is 5.68. The maximum absolute atomic E-state index is 5.68. The number of benzene rings is 1. The minimum Gasteiger partial charge on any atom is -0.399 e. The lowest BCUT2D eigenvalue weighted by Crippen LogP contribution is -2.20. The molecule has 100 valence electrons. The lowest BCUT2D eigenvalue weighted by Gasteiger charge is -2.18. The van der Waals surface area contributed by atoms with Gasteiger partial charge in [0.1, 0.15) is 0 Å². The van der Waals surface area contributed by atoms with E-state index < -0.39 is 0 Å². The first-order valence-corrected chi connectivity index (χ1v) is 6.88. The standard InChI is InChI=1S/C15H24N2O/c1-17(10-2-4-15-5-3-11-18-15)12-13-6-8-14(16)9-7-13/h6-9,15H,2-5,10-12,16H2,1H3. The number of ether oxygens (including phenoxy) is 1. The molecule has 3 heteroatoms. The Morgan fingerprint density at radius 2 is 2.11 bits per heavy atom. The Bertz CT molecular complexity index is 344. The van der Waals surface area contributed by atoms with Gasteiger partial charge in [0.25, 0.3) is 0 Å². The Labute approximate surface area is 110 Å². The van der Waals surface area contributed by atoms with Gasteiger partial charge >= 0.3 is 0 Å². The van der Waals surface area contributed by atoms with Crippen molar-refractivity contribution >= 4 is 5.69 Å². The van der Waals surface area contributed by atoms with E-state index in [4.69, 9.17) is 10.5 Å². The molecule has 18 heavy (non-hydrogen) atoms. The van der Waals surface area contributed by atoms with Crippen LogP contribution in [0, 0.1) is 0 Å². The number of hydrogen-bond donors (Lipinski definition) is 1. The van der Waals surface area contributed by atoms with Gasteiger partial charge < -0.3 is 15.4 Å². The number of hydrogen-bond acceptors (Lipinski definition) is 3. The van der Waals surface area contributed by atoms with Gasteiger partial charge in [-0.25, -0.2) is 0 Å². The van der Waals surface area contributed by atoms with Crippen LogP contribution >= 0.6 is 0 Å². The molecule has 1 unspecified atom stereocenters. The van der Waals surface area contributed by atoms with Crippen molar-refractivity contribution in [1.82, 2.24) is 4.90 Å². The van der Waals surface area contributed by atoms with Crippen molar-refractivity contribution in [2.45, 2.75) is 38.3 Å². The summed E-state index contributed by atoms with van der Waals surface area (Å²) >= 11 is 0. The predicted molar refractivity (Wildman–Crippen MR) is 75.4 cm³/mol. The lowest BCUT2D eigenvalue weighted by molar-refractivity contribution is 0.0995. The fraction of sp³-hybridized carbons (Fsp3) is 0.600. The zero-order valence-corrected chi connectivity index (χ0v) is 11.3. The van der Waals surface area contributed by atoms with Gasteiger partial charge in [-0.2, -0.15) is 0 Å². The van der Waals surface area contributed by atoms with Gasteiger partial charge in [-0.3, -0.25) is 0 Å². The second-order valence-electron chi connectivity index (χ2n) is 5.26. The quantitative estimate of drug-likeness (QED) is 0.787. The molecule has 0 aromatic heterocycles. The molecule has 2 N–H and O–H groups in total. The third kappa shape index (κ3) is 4.31. The molecular weight excluding hydrogens is 224 g/mol. The summed E-state index contributed by atoms with van der Waals surface area (Å²) in [6.45, 7) is 3.09. The molecule has 1 aromatic carbocycles. The van der Waals surface area contributed by atoms with Crippen LogP contribution in [0.2, 0.25) is 0 Å². The van der Waals surface area contributed by atoms with Crippen molar-refractivity contribution in [1.29, 1.82) is 0 Å². The Morgan fingerprint density at radius 1 is 1.33 bits per heavy atom. The van der Waals surface area contributed by atoms with Crippen molar-refractivity contribution in [3.8, 4) is 0 Å². The first-order chi connectivity index (χ1) is 8.74. The molecule has 1 fully saturated rings. The second kappa shape index (κ2) is 6.76. The smallest absolute Gasteiger partial charge is 0.0576 e. The highest BCUT2D eigenvalue weighted by Crippen LogP contribution is 2.17. The lowest BCUT2D eigenvalue weighted by atomic mass is 10.1. The predicted octanol–water partition coefficient (Wildman–Crippen LogP) is 2.66. The van der Waals surface area contributed by atoms with Gasteiger partial charge in [0, 0.05) is 18.8 Å². The number of nitrogens with two attached hydrogens (primary N) is 1. The van der Waals surface area contributed by atoms with Crippen LogP contribution in [0.3, 0.4) is 0 Å². The molecular formula is C15H24N2O. The van der Waals surface area contributed by atoms with Crippen LogP contribution in [0.5, 0.6) is 0 Å². The van der Waals surface area contributed by atoms with E-state index in [-0.39, 0.29) is 0 Å². The Balaban J connectivity index is 1.65. The van der Waals surface area contributed by atoms with Crippen LogP contribution in [-0.4, -0.2) is 31.2 Å². The molecule has 1 atom stereocenters. The Hall–Kier alpha value is -1.06. The van der Waals surface area contributed by atoms with Gasteiger partial charge in [0.05, 0.1) is 6.10 Å². The molecule has 0 bridgehead atoms. The summed E-state index contributed by atoms with van der Waals surface area (Å²) in [7, 11) is 2.17. The van der Waals surface area contributed by atoms with Crippen LogP contribution in [-0.2, 0) is 11.3 Å². The van der Waals surface area contributed by atoms with E-state index in [1.165, 1.54) is 31.2 Å². The van der Waals surface area contributed by atoms with Crippen LogP contribution in [0.4, 0.5) is 5.69 Å². The van der Waals surface area contributed by atoms with Gasteiger partial charge in [0.2, 0.25) is 0 Å². The summed E-state index contributed by atoms with van der Waals surface area (Å²) in [5, 5.41) is 0. The van der Waals surface area contributed by atoms with E-state index in [0.29, 0.717) is 6.10 Å². The van der Waals surface area contributed by atoms with E-state index >= 15 is 0 Å². The minimum absolute atomic E-state index is 0.523. The maximum Gasteiger partial charge on any atom is 0.0576 e. The first kappa shape index (κ1) is 13.4. The Kier molecular flexibility index (Phi) is 5.02. The average Bonchev–Trinajstić information content (AvgIpc) is 2.85. The monoisotopic (exact) mass is 248 g/mol. The molecule has 0 aliphatic carbocycles. The SMILES string of the molecule is CN(CCCC1CCCO1)Cc1ccc(N)cc1. The number of nitrogen functional groups attached to an aromatic ring is 1. The summed E-state index contributed by atoms with van der Waals surface area (Å²) in [6, 6.07) is 8.14. The molecule has 0 saturated carbocycles. The topological polar surface area (TPSA) is 38.5 Å². The largest absolute Gasteiger partial charge is 0.399 e. The number of nitrogens with zero attached hydrogens (tertiary/aromatic N) is 1. The fourth-order valence-electron chi connectivity index (χ4n) is 2.47. The van der Waals surface area contributed by atoms with Crippen molar-refractivity contribution in [2.24, 2.45) is 0 Å². The molecule has 0 spiro atoms. The van der Waals surface area contributed by atoms with E-state index in [1.807, 2.05) is 12.1 Å². The zero-order valence-electron chi connectivity index (χ0n) is 11.3. The average molecular weight is 248 g/mol. The van der Waals surface area contributed by atoms with Gasteiger partial charge in [-0.05, 0) is 57.0 Å². The van der Waals surface area contributed by atoms with Crippen LogP contribution < -0.4 is 5.73 Å². The summed E-state index contributed by atoms with van der Waals surface area (Å²) in [6.07, 6.45) is 5.44. The fourth-order valence-corrected chi connectivity index (χ4v) is 2.47. The molecule has 2 rings (SSSR count). The highest BCUT2D eigenvalue weighted by molar-refractivity contribution is 5.39. The third-order valence-corrected chi connectivity index (χ3v) is 3.52. The second-order valence-corrected chi connectivity index (χ2v) is 5.26. The third-order valence-electron chi connectivity index (χ3n) is 3.52. The summed E-state index contributed by atoms with van der Waals surface area (Å²) in [5.41, 5.74) is 7.84. The van der Waals surface area contributed by atoms with Gasteiger partial charge in [-0.15, -0.1) is 0 Å². The molecule has 3 nitrogen and oxygen atoms in total. The first-order valence-electron chi connectivity index (χ1n) is 6.88. The van der Waals surface area contributed by atoms with Crippen molar-refractivity contribution < 1.29 is 4.74 Å². The summed E-state index contributed by atoms with van der Waals surface area (Å²) in [4.78, 5) is 2.36. The van der Waals surface area contributed by atoms with E-state index in [2.05, 4.69) is 24.1 Å². The van der Waals surface area contributed by atoms with Crippen molar-refractivity contribution in [2.75, 3.05) is 25.9 Å². The van der Waals surface area contributed by atoms with Crippen LogP contribution in [0.15, 0.2) is 24.3 Å². The zero-order chi connectivity index (χ0) is 12.8. The highest BCUT2D eigenvalue weighted by atomic mass is 16.5. The Morgan fingerprint density at radius 3 is 2.78 bits per heavy atom. The van der Waals surface area contributed by atoms with Gasteiger partial charge in [0.15, 0.2) is 0 Å². The molecule has 1 heterocycles. The molecule has 0 radical (unpaired) electrons. The minimum atomic E-state index is 0.523. The molecule has 1 aliphatic rings. The molecule has 1 aromatic rings. The van der Waals surface area contributed by atoms with E-state index in [0.717, 1.165) is 25.4 Å². The van der Waals surface area contributed by atoms with Crippen molar-refractivity contribution in [3.63, 3.8) is 0 Å². The molecule has 0 amide bonds. The molecule has 1 aliphatic heterocycles. The van der Waals surface area contributed by atoms with Crippen molar-refractivity contribution in [3.05, 3.63) is 29.8 Å². The number of rotatable bonds is 6. The summed E-state index contributed by atoms with van der Waals surface area (Å²) < 4.78 is 5.63. The summed E-state index contributed by atoms with van der Waals surface area (Å²) in [5.74, 6) is 0. The van der Waals surface area contributed by atoms with Crippen LogP contribution in [0.1, 0.15) is 31.2 Å².